The summed E-state index contributed by atoms with van der Waals surface area (Å²) in [4.78, 5) is 6.68. The molecule has 1 aromatic carbocycles. The zero-order chi connectivity index (χ0) is 15.6. The quantitative estimate of drug-likeness (QED) is 0.479. The monoisotopic (exact) mass is 335 g/mol. The average molecular weight is 336 g/mol. The van der Waals surface area contributed by atoms with Crippen molar-refractivity contribution in [2.24, 2.45) is 0 Å². The van der Waals surface area contributed by atoms with Gasteiger partial charge in [0.05, 0.1) is 21.6 Å². The van der Waals surface area contributed by atoms with Gasteiger partial charge in [-0.3, -0.25) is 0 Å². The first kappa shape index (κ1) is 14.0. The Morgan fingerprint density at radius 1 is 1.04 bits per heavy atom. The summed E-state index contributed by atoms with van der Waals surface area (Å²) >= 11 is 7.59. The van der Waals surface area contributed by atoms with Crippen LogP contribution >= 0.6 is 22.9 Å². The fourth-order valence-electron chi connectivity index (χ4n) is 2.19. The number of hydrogen-bond acceptors (Lipinski definition) is 3. The average Bonchev–Trinajstić information content (AvgIpc) is 3.21. The highest BCUT2D eigenvalue weighted by molar-refractivity contribution is 7.16. The van der Waals surface area contributed by atoms with Crippen LogP contribution in [0.2, 0.25) is 5.02 Å². The normalized spacial score (nSPS) is 10.5. The van der Waals surface area contributed by atoms with Crippen LogP contribution in [0.4, 0.5) is 0 Å². The third kappa shape index (κ3) is 2.98. The summed E-state index contributed by atoms with van der Waals surface area (Å²) in [5.41, 5.74) is 2.67. The summed E-state index contributed by atoms with van der Waals surface area (Å²) in [6.45, 7) is 0. The molecule has 0 amide bonds. The molecule has 0 fully saturated rings. The number of nitrogens with zero attached hydrogens (tertiary/aromatic N) is 3. The molecule has 3 nitrogen and oxygen atoms in total. The molecule has 0 aliphatic carbocycles. The van der Waals surface area contributed by atoms with Crippen molar-refractivity contribution in [2.75, 3.05) is 0 Å². The molecule has 5 heteroatoms. The lowest BCUT2D eigenvalue weighted by Gasteiger charge is -1.97. The Morgan fingerprint density at radius 2 is 2.00 bits per heavy atom. The summed E-state index contributed by atoms with van der Waals surface area (Å²) < 4.78 is 1.75. The number of halogens is 1. The fourth-order valence-corrected chi connectivity index (χ4v) is 3.21. The number of aromatic nitrogens is 3. The Kier molecular flexibility index (Phi) is 3.58. The number of thiophene rings is 1. The van der Waals surface area contributed by atoms with Gasteiger partial charge in [-0.25, -0.2) is 9.50 Å². The summed E-state index contributed by atoms with van der Waals surface area (Å²) in [7, 11) is 0. The van der Waals surface area contributed by atoms with Gasteiger partial charge in [-0.05, 0) is 36.4 Å². The molecule has 3 aromatic heterocycles. The Labute approximate surface area is 142 Å². The first-order valence-corrected chi connectivity index (χ1v) is 8.15. The van der Waals surface area contributed by atoms with Gasteiger partial charge in [0.15, 0.2) is 5.65 Å². The third-order valence-electron chi connectivity index (χ3n) is 3.27. The lowest BCUT2D eigenvalue weighted by atomic mass is 10.2. The van der Waals surface area contributed by atoms with E-state index < -0.39 is 0 Å². The van der Waals surface area contributed by atoms with E-state index in [9.17, 15) is 0 Å². The predicted molar refractivity (Wildman–Crippen MR) is 93.7 cm³/mol. The largest absolute Gasteiger partial charge is 0.228 e. The number of rotatable bonds is 1. The van der Waals surface area contributed by atoms with Gasteiger partial charge in [-0.1, -0.05) is 29.5 Å². The van der Waals surface area contributed by atoms with Gasteiger partial charge >= 0.3 is 0 Å². The van der Waals surface area contributed by atoms with Crippen molar-refractivity contribution >= 4 is 28.6 Å². The zero-order valence-electron chi connectivity index (χ0n) is 11.9. The molecular weight excluding hydrogens is 326 g/mol. The van der Waals surface area contributed by atoms with Gasteiger partial charge < -0.3 is 0 Å². The van der Waals surface area contributed by atoms with Crippen molar-refractivity contribution in [3.8, 4) is 22.4 Å². The molecule has 4 aromatic rings. The molecule has 0 saturated heterocycles. The van der Waals surface area contributed by atoms with Crippen LogP contribution in [0.3, 0.4) is 0 Å². The van der Waals surface area contributed by atoms with Crippen molar-refractivity contribution in [1.82, 2.24) is 14.6 Å². The van der Waals surface area contributed by atoms with Gasteiger partial charge in [-0.15, -0.1) is 11.3 Å². The summed E-state index contributed by atoms with van der Waals surface area (Å²) in [6.07, 6.45) is 3.65. The SMILES string of the molecule is Clc1cccc(C#Cc2ccc(-c3ccn4nccc4n3)s2)c1. The minimum atomic E-state index is 0.696. The van der Waals surface area contributed by atoms with Crippen LogP contribution in [-0.2, 0) is 0 Å². The molecule has 0 aliphatic rings. The van der Waals surface area contributed by atoms with Crippen LogP contribution < -0.4 is 0 Å². The maximum Gasteiger partial charge on any atom is 0.155 e. The smallest absolute Gasteiger partial charge is 0.155 e. The second-order valence-corrected chi connectivity index (χ2v) is 6.39. The van der Waals surface area contributed by atoms with E-state index in [1.807, 2.05) is 54.7 Å². The molecule has 23 heavy (non-hydrogen) atoms. The van der Waals surface area contributed by atoms with E-state index >= 15 is 0 Å². The van der Waals surface area contributed by atoms with Gasteiger partial charge in [0.1, 0.15) is 0 Å². The minimum Gasteiger partial charge on any atom is -0.228 e. The second kappa shape index (κ2) is 5.88. The Balaban J connectivity index is 1.64. The molecule has 0 unspecified atom stereocenters. The highest BCUT2D eigenvalue weighted by Crippen LogP contribution is 2.26. The van der Waals surface area contributed by atoms with Crippen LogP contribution in [0, 0.1) is 11.8 Å². The summed E-state index contributed by atoms with van der Waals surface area (Å²) in [5.74, 6) is 6.31. The van der Waals surface area contributed by atoms with E-state index in [1.54, 1.807) is 22.0 Å². The lowest BCUT2D eigenvalue weighted by Crippen LogP contribution is -1.89. The van der Waals surface area contributed by atoms with E-state index in [4.69, 9.17) is 11.6 Å². The van der Waals surface area contributed by atoms with Gasteiger partial charge in [0.2, 0.25) is 0 Å². The van der Waals surface area contributed by atoms with Gasteiger partial charge in [0.25, 0.3) is 0 Å². The lowest BCUT2D eigenvalue weighted by molar-refractivity contribution is 0.941. The molecule has 0 atom stereocenters. The highest BCUT2D eigenvalue weighted by atomic mass is 35.5. The maximum absolute atomic E-state index is 5.97. The fraction of sp³-hybridized carbons (Fsp3) is 0. The highest BCUT2D eigenvalue weighted by Gasteiger charge is 2.04. The van der Waals surface area contributed by atoms with Crippen molar-refractivity contribution in [3.63, 3.8) is 0 Å². The summed E-state index contributed by atoms with van der Waals surface area (Å²) in [6, 6.07) is 15.4. The Hall–Kier alpha value is -2.61. The van der Waals surface area contributed by atoms with E-state index in [0.29, 0.717) is 5.02 Å². The van der Waals surface area contributed by atoms with Gasteiger partial charge in [0, 0.05) is 22.8 Å². The molecule has 0 radical (unpaired) electrons. The molecule has 0 bridgehead atoms. The van der Waals surface area contributed by atoms with Crippen molar-refractivity contribution in [2.45, 2.75) is 0 Å². The second-order valence-electron chi connectivity index (χ2n) is 4.87. The Bertz CT molecular complexity index is 1050. The number of benzene rings is 1. The first-order chi connectivity index (χ1) is 11.3. The predicted octanol–water partition coefficient (Wildman–Crippen LogP) is 4.51. The molecule has 0 spiro atoms. The van der Waals surface area contributed by atoms with Crippen molar-refractivity contribution in [3.05, 3.63) is 76.4 Å². The van der Waals surface area contributed by atoms with E-state index in [1.165, 1.54) is 0 Å². The van der Waals surface area contributed by atoms with Crippen molar-refractivity contribution < 1.29 is 0 Å². The zero-order valence-corrected chi connectivity index (χ0v) is 13.5. The topological polar surface area (TPSA) is 30.2 Å². The van der Waals surface area contributed by atoms with E-state index in [2.05, 4.69) is 21.9 Å². The molecule has 4 rings (SSSR count). The molecular formula is C18H10ClN3S. The van der Waals surface area contributed by atoms with Crippen LogP contribution in [0.15, 0.2) is 60.9 Å². The van der Waals surface area contributed by atoms with Crippen LogP contribution in [0.1, 0.15) is 10.4 Å². The van der Waals surface area contributed by atoms with Crippen molar-refractivity contribution in [1.29, 1.82) is 0 Å². The molecule has 0 aliphatic heterocycles. The molecule has 0 N–H and O–H groups in total. The first-order valence-electron chi connectivity index (χ1n) is 6.96. The molecule has 0 saturated carbocycles. The van der Waals surface area contributed by atoms with Crippen LogP contribution in [0.25, 0.3) is 16.2 Å². The van der Waals surface area contributed by atoms with Crippen LogP contribution in [-0.4, -0.2) is 14.6 Å². The van der Waals surface area contributed by atoms with Crippen LogP contribution in [0.5, 0.6) is 0 Å². The summed E-state index contributed by atoms with van der Waals surface area (Å²) in [5, 5.41) is 4.85. The number of fused-ring (bicyclic) bond motifs is 1. The number of hydrogen-bond donors (Lipinski definition) is 0. The molecule has 3 heterocycles. The third-order valence-corrected chi connectivity index (χ3v) is 4.53. The van der Waals surface area contributed by atoms with E-state index in [0.717, 1.165) is 26.7 Å². The minimum absolute atomic E-state index is 0.696. The maximum atomic E-state index is 5.97. The van der Waals surface area contributed by atoms with Gasteiger partial charge in [-0.2, -0.15) is 5.10 Å². The standard InChI is InChI=1S/C18H10ClN3S/c19-14-3-1-2-13(12-14)4-5-15-6-7-17(23-15)16-9-11-22-18(21-16)8-10-20-22/h1-3,6-12H. The Morgan fingerprint density at radius 3 is 2.91 bits per heavy atom. The van der Waals surface area contributed by atoms with E-state index in [-0.39, 0.29) is 0 Å². The molecule has 110 valence electrons.